The van der Waals surface area contributed by atoms with E-state index in [9.17, 15) is 14.4 Å². The van der Waals surface area contributed by atoms with Crippen LogP contribution in [-0.2, 0) is 9.59 Å². The molecule has 3 rings (SSSR count). The van der Waals surface area contributed by atoms with Gasteiger partial charge in [-0.1, -0.05) is 0 Å². The Bertz CT molecular complexity index is 467. The van der Waals surface area contributed by atoms with Crippen LogP contribution in [0.25, 0.3) is 0 Å². The molecule has 1 unspecified atom stereocenters. The zero-order valence-electron chi connectivity index (χ0n) is 12.0. The second kappa shape index (κ2) is 5.54. The number of hydrogen-bond acceptors (Lipinski definition) is 3. The van der Waals surface area contributed by atoms with Gasteiger partial charge in [0, 0.05) is 45.2 Å². The first kappa shape index (κ1) is 14.2. The van der Waals surface area contributed by atoms with Crippen LogP contribution in [0.15, 0.2) is 0 Å². The topological polar surface area (TPSA) is 81.2 Å². The summed E-state index contributed by atoms with van der Waals surface area (Å²) in [7, 11) is 0. The van der Waals surface area contributed by atoms with E-state index in [4.69, 9.17) is 5.11 Å². The minimum Gasteiger partial charge on any atom is -0.481 e. The highest BCUT2D eigenvalue weighted by molar-refractivity contribution is 5.80. The summed E-state index contributed by atoms with van der Waals surface area (Å²) in [6.07, 6.45) is 2.78. The first-order valence-corrected chi connectivity index (χ1v) is 7.62. The van der Waals surface area contributed by atoms with Gasteiger partial charge in [-0.15, -0.1) is 0 Å². The van der Waals surface area contributed by atoms with Crippen molar-refractivity contribution < 1.29 is 19.5 Å². The molecule has 1 N–H and O–H groups in total. The van der Waals surface area contributed by atoms with Gasteiger partial charge in [0.25, 0.3) is 0 Å². The van der Waals surface area contributed by atoms with Crippen LogP contribution in [0.5, 0.6) is 0 Å². The molecule has 3 aliphatic rings. The number of piperazine rings is 1. The Hall–Kier alpha value is -1.79. The molecular formula is C14H21N3O4. The van der Waals surface area contributed by atoms with E-state index in [1.54, 1.807) is 9.80 Å². The van der Waals surface area contributed by atoms with E-state index < -0.39 is 11.9 Å². The number of carboxylic acid groups (broad SMARTS) is 1. The van der Waals surface area contributed by atoms with Crippen molar-refractivity contribution in [2.75, 3.05) is 32.7 Å². The lowest BCUT2D eigenvalue weighted by Gasteiger charge is -2.41. The maximum absolute atomic E-state index is 12.5. The van der Waals surface area contributed by atoms with E-state index >= 15 is 0 Å². The maximum Gasteiger partial charge on any atom is 0.320 e. The van der Waals surface area contributed by atoms with Crippen LogP contribution in [0.2, 0.25) is 0 Å². The Balaban J connectivity index is 1.60. The van der Waals surface area contributed by atoms with Gasteiger partial charge in [-0.05, 0) is 19.3 Å². The van der Waals surface area contributed by atoms with Crippen molar-refractivity contribution in [1.82, 2.24) is 14.7 Å². The summed E-state index contributed by atoms with van der Waals surface area (Å²) < 4.78 is 0. The first-order chi connectivity index (χ1) is 10.1. The fourth-order valence-electron chi connectivity index (χ4n) is 3.59. The predicted octanol–water partition coefficient (Wildman–Crippen LogP) is 0.210. The molecule has 0 radical (unpaired) electrons. The Morgan fingerprint density at radius 2 is 1.81 bits per heavy atom. The van der Waals surface area contributed by atoms with Crippen molar-refractivity contribution in [3.63, 3.8) is 0 Å². The monoisotopic (exact) mass is 295 g/mol. The Labute approximate surface area is 123 Å². The summed E-state index contributed by atoms with van der Waals surface area (Å²) in [5.74, 6) is -1.08. The second-order valence-electron chi connectivity index (χ2n) is 6.13. The van der Waals surface area contributed by atoms with Gasteiger partial charge in [0.05, 0.1) is 5.92 Å². The Kier molecular flexibility index (Phi) is 3.73. The van der Waals surface area contributed by atoms with Crippen LogP contribution < -0.4 is 0 Å². The SMILES string of the molecule is O=C(O)[C@@H]1CCCN(C(=O)N2CCN3C(=O)CCC3C2)C1. The number of rotatable bonds is 1. The maximum atomic E-state index is 12.5. The van der Waals surface area contributed by atoms with E-state index in [2.05, 4.69) is 0 Å². The molecule has 7 nitrogen and oxygen atoms in total. The largest absolute Gasteiger partial charge is 0.481 e. The van der Waals surface area contributed by atoms with Gasteiger partial charge in [-0.2, -0.15) is 0 Å². The lowest BCUT2D eigenvalue weighted by molar-refractivity contribution is -0.143. The molecule has 116 valence electrons. The van der Waals surface area contributed by atoms with E-state index in [1.807, 2.05) is 4.90 Å². The van der Waals surface area contributed by atoms with Crippen molar-refractivity contribution >= 4 is 17.9 Å². The molecule has 0 bridgehead atoms. The fourth-order valence-corrected chi connectivity index (χ4v) is 3.59. The highest BCUT2D eigenvalue weighted by Gasteiger charge is 2.39. The van der Waals surface area contributed by atoms with Crippen molar-refractivity contribution in [1.29, 1.82) is 0 Å². The van der Waals surface area contributed by atoms with Gasteiger partial charge in [-0.3, -0.25) is 9.59 Å². The molecule has 0 spiro atoms. The molecule has 2 atom stereocenters. The van der Waals surface area contributed by atoms with Gasteiger partial charge in [-0.25, -0.2) is 4.79 Å². The van der Waals surface area contributed by atoms with E-state index in [0.29, 0.717) is 45.6 Å². The van der Waals surface area contributed by atoms with Gasteiger partial charge in [0.1, 0.15) is 0 Å². The number of hydrogen-bond donors (Lipinski definition) is 1. The normalized spacial score (nSPS) is 29.5. The standard InChI is InChI=1S/C14H21N3O4/c18-12-4-3-11-9-16(6-7-17(11)12)14(21)15-5-1-2-10(8-15)13(19)20/h10-11H,1-9H2,(H,19,20)/t10-,11?/m1/s1. The molecule has 3 heterocycles. The van der Waals surface area contributed by atoms with E-state index in [0.717, 1.165) is 12.8 Å². The minimum absolute atomic E-state index is 0.0695. The number of amides is 3. The molecule has 0 aromatic heterocycles. The number of carboxylic acids is 1. The second-order valence-corrected chi connectivity index (χ2v) is 6.13. The fraction of sp³-hybridized carbons (Fsp3) is 0.786. The molecule has 3 saturated heterocycles. The third-order valence-electron chi connectivity index (χ3n) is 4.81. The average Bonchev–Trinajstić information content (AvgIpc) is 2.87. The quantitative estimate of drug-likeness (QED) is 0.750. The zero-order chi connectivity index (χ0) is 15.0. The van der Waals surface area contributed by atoms with Crippen molar-refractivity contribution in [2.24, 2.45) is 5.92 Å². The van der Waals surface area contributed by atoms with Crippen molar-refractivity contribution in [3.8, 4) is 0 Å². The summed E-state index contributed by atoms with van der Waals surface area (Å²) in [5.41, 5.74) is 0. The Morgan fingerprint density at radius 1 is 1.05 bits per heavy atom. The van der Waals surface area contributed by atoms with Crippen LogP contribution in [-0.4, -0.2) is 76.5 Å². The third-order valence-corrected chi connectivity index (χ3v) is 4.81. The Morgan fingerprint density at radius 3 is 2.57 bits per heavy atom. The number of urea groups is 1. The number of carbonyl (C=O) groups is 3. The lowest BCUT2D eigenvalue weighted by Crippen LogP contribution is -2.57. The number of carbonyl (C=O) groups excluding carboxylic acids is 2. The molecule has 3 fully saturated rings. The van der Waals surface area contributed by atoms with E-state index in [1.165, 1.54) is 0 Å². The summed E-state index contributed by atoms with van der Waals surface area (Å²) >= 11 is 0. The van der Waals surface area contributed by atoms with Crippen LogP contribution in [0.4, 0.5) is 4.79 Å². The van der Waals surface area contributed by atoms with Crippen LogP contribution in [0.3, 0.4) is 0 Å². The van der Waals surface area contributed by atoms with Crippen molar-refractivity contribution in [2.45, 2.75) is 31.7 Å². The highest BCUT2D eigenvalue weighted by Crippen LogP contribution is 2.24. The third kappa shape index (κ3) is 2.69. The number of piperidine rings is 1. The number of aliphatic carboxylic acids is 1. The van der Waals surface area contributed by atoms with E-state index in [-0.39, 0.29) is 18.0 Å². The molecule has 0 aromatic carbocycles. The number of fused-ring (bicyclic) bond motifs is 1. The predicted molar refractivity (Wildman–Crippen MR) is 73.6 cm³/mol. The van der Waals surface area contributed by atoms with Gasteiger partial charge >= 0.3 is 12.0 Å². The average molecular weight is 295 g/mol. The van der Waals surface area contributed by atoms with Crippen LogP contribution in [0, 0.1) is 5.92 Å². The summed E-state index contributed by atoms with van der Waals surface area (Å²) in [6, 6.07) is 0.0789. The molecule has 7 heteroatoms. The van der Waals surface area contributed by atoms with Gasteiger partial charge in [0.2, 0.25) is 5.91 Å². The lowest BCUT2D eigenvalue weighted by atomic mass is 9.98. The summed E-state index contributed by atoms with van der Waals surface area (Å²) in [5, 5.41) is 9.10. The molecule has 3 amide bonds. The zero-order valence-corrected chi connectivity index (χ0v) is 12.0. The first-order valence-electron chi connectivity index (χ1n) is 7.62. The van der Waals surface area contributed by atoms with Gasteiger partial charge < -0.3 is 19.8 Å². The molecule has 21 heavy (non-hydrogen) atoms. The molecular weight excluding hydrogens is 274 g/mol. The van der Waals surface area contributed by atoms with Crippen LogP contribution >= 0.6 is 0 Å². The molecule has 0 aromatic rings. The van der Waals surface area contributed by atoms with Crippen molar-refractivity contribution in [3.05, 3.63) is 0 Å². The smallest absolute Gasteiger partial charge is 0.320 e. The summed E-state index contributed by atoms with van der Waals surface area (Å²) in [6.45, 7) is 2.67. The molecule has 3 aliphatic heterocycles. The van der Waals surface area contributed by atoms with Crippen LogP contribution in [0.1, 0.15) is 25.7 Å². The number of likely N-dealkylation sites (tertiary alicyclic amines) is 1. The number of nitrogens with zero attached hydrogens (tertiary/aromatic N) is 3. The minimum atomic E-state index is -0.821. The van der Waals surface area contributed by atoms with Gasteiger partial charge in [0.15, 0.2) is 0 Å². The molecule has 0 aliphatic carbocycles. The molecule has 0 saturated carbocycles. The summed E-state index contributed by atoms with van der Waals surface area (Å²) in [4.78, 5) is 40.6. The highest BCUT2D eigenvalue weighted by atomic mass is 16.4.